The van der Waals surface area contributed by atoms with Crippen LogP contribution in [0.25, 0.3) is 6.08 Å². The largest absolute Gasteiger partial charge is 0.328 e. The van der Waals surface area contributed by atoms with Gasteiger partial charge in [-0.1, -0.05) is 36.3 Å². The first-order chi connectivity index (χ1) is 7.77. The van der Waals surface area contributed by atoms with Gasteiger partial charge in [-0.05, 0) is 18.6 Å². The predicted octanol–water partition coefficient (Wildman–Crippen LogP) is 2.18. The highest BCUT2D eigenvalue weighted by Gasteiger charge is 2.05. The number of benzene rings is 1. The number of nitrogens with zero attached hydrogens (tertiary/aromatic N) is 1. The summed E-state index contributed by atoms with van der Waals surface area (Å²) in [5.74, 6) is 2.42. The highest BCUT2D eigenvalue weighted by atomic mass is 16.2. The van der Waals surface area contributed by atoms with Gasteiger partial charge in [0.15, 0.2) is 0 Å². The molecule has 1 rings (SSSR count). The van der Waals surface area contributed by atoms with E-state index in [2.05, 4.69) is 5.92 Å². The number of amides is 1. The van der Waals surface area contributed by atoms with Crippen molar-refractivity contribution in [1.29, 1.82) is 0 Å². The lowest BCUT2D eigenvalue weighted by Crippen LogP contribution is -2.29. The van der Waals surface area contributed by atoms with E-state index < -0.39 is 0 Å². The monoisotopic (exact) mass is 213 g/mol. The Morgan fingerprint density at radius 2 is 2.12 bits per heavy atom. The molecule has 2 nitrogen and oxygen atoms in total. The van der Waals surface area contributed by atoms with Crippen molar-refractivity contribution in [1.82, 2.24) is 4.90 Å². The average Bonchev–Trinajstić information content (AvgIpc) is 2.34. The van der Waals surface area contributed by atoms with Gasteiger partial charge in [-0.25, -0.2) is 0 Å². The molecule has 82 valence electrons. The van der Waals surface area contributed by atoms with Gasteiger partial charge in [0.05, 0.1) is 6.54 Å². The predicted molar refractivity (Wildman–Crippen MR) is 66.6 cm³/mol. The summed E-state index contributed by atoms with van der Waals surface area (Å²) in [6.07, 6.45) is 8.53. The number of likely N-dealkylation sites (N-methyl/N-ethyl adjacent to an activating group) is 1. The molecule has 0 fully saturated rings. The van der Waals surface area contributed by atoms with Gasteiger partial charge < -0.3 is 4.90 Å². The van der Waals surface area contributed by atoms with E-state index >= 15 is 0 Å². The summed E-state index contributed by atoms with van der Waals surface area (Å²) < 4.78 is 0. The molecule has 0 aliphatic rings. The fourth-order valence-corrected chi connectivity index (χ4v) is 1.29. The Kier molecular flexibility index (Phi) is 4.88. The zero-order valence-electron chi connectivity index (χ0n) is 9.39. The van der Waals surface area contributed by atoms with Gasteiger partial charge in [0, 0.05) is 12.6 Å². The van der Waals surface area contributed by atoms with Gasteiger partial charge in [-0.2, -0.15) is 0 Å². The van der Waals surface area contributed by atoms with Crippen LogP contribution in [-0.4, -0.2) is 23.9 Å². The second-order valence-corrected chi connectivity index (χ2v) is 3.30. The normalized spacial score (nSPS) is 10.0. The number of carbonyl (C=O) groups is 1. The molecule has 0 spiro atoms. The molecule has 16 heavy (non-hydrogen) atoms. The van der Waals surface area contributed by atoms with Crippen molar-refractivity contribution in [2.24, 2.45) is 0 Å². The summed E-state index contributed by atoms with van der Waals surface area (Å²) in [4.78, 5) is 13.3. The van der Waals surface area contributed by atoms with E-state index in [9.17, 15) is 4.79 Å². The van der Waals surface area contributed by atoms with Crippen LogP contribution in [0.5, 0.6) is 0 Å². The molecule has 0 saturated heterocycles. The van der Waals surface area contributed by atoms with Crippen molar-refractivity contribution in [3.05, 3.63) is 42.0 Å². The lowest BCUT2D eigenvalue weighted by Gasteiger charge is -2.15. The number of rotatable bonds is 4. The average molecular weight is 213 g/mol. The van der Waals surface area contributed by atoms with Crippen LogP contribution < -0.4 is 0 Å². The molecule has 0 bridgehead atoms. The standard InChI is InChI=1S/C14H15NO/c1-3-12-15(4-2)14(16)11-10-13-8-6-5-7-9-13/h1,5-11H,4,12H2,2H3/b11-10+. The van der Waals surface area contributed by atoms with Crippen LogP contribution in [0.1, 0.15) is 12.5 Å². The van der Waals surface area contributed by atoms with Crippen LogP contribution in [0.2, 0.25) is 0 Å². The molecule has 1 aromatic rings. The third kappa shape index (κ3) is 3.62. The summed E-state index contributed by atoms with van der Waals surface area (Å²) in [5.41, 5.74) is 1.01. The maximum atomic E-state index is 11.7. The molecule has 1 amide bonds. The number of terminal acetylenes is 1. The third-order valence-corrected chi connectivity index (χ3v) is 2.19. The van der Waals surface area contributed by atoms with Crippen molar-refractivity contribution in [3.8, 4) is 12.3 Å². The van der Waals surface area contributed by atoms with Crippen molar-refractivity contribution >= 4 is 12.0 Å². The molecular weight excluding hydrogens is 198 g/mol. The summed E-state index contributed by atoms with van der Waals surface area (Å²) in [6.45, 7) is 2.89. The fraction of sp³-hybridized carbons (Fsp3) is 0.214. The maximum Gasteiger partial charge on any atom is 0.247 e. The van der Waals surface area contributed by atoms with Gasteiger partial charge in [-0.3, -0.25) is 4.79 Å². The first-order valence-electron chi connectivity index (χ1n) is 5.23. The van der Waals surface area contributed by atoms with Crippen molar-refractivity contribution in [2.45, 2.75) is 6.92 Å². The molecule has 0 N–H and O–H groups in total. The van der Waals surface area contributed by atoms with E-state index in [4.69, 9.17) is 6.42 Å². The molecular formula is C14H15NO. The zero-order valence-corrected chi connectivity index (χ0v) is 9.39. The minimum atomic E-state index is -0.0516. The SMILES string of the molecule is C#CCN(CC)C(=O)/C=C/c1ccccc1. The minimum absolute atomic E-state index is 0.0516. The van der Waals surface area contributed by atoms with Crippen molar-refractivity contribution in [3.63, 3.8) is 0 Å². The first kappa shape index (κ1) is 12.1. The molecule has 0 aliphatic carbocycles. The van der Waals surface area contributed by atoms with E-state index in [1.54, 1.807) is 17.1 Å². The summed E-state index contributed by atoms with van der Waals surface area (Å²) in [5, 5.41) is 0. The molecule has 0 heterocycles. The van der Waals surface area contributed by atoms with Gasteiger partial charge in [-0.15, -0.1) is 6.42 Å². The zero-order chi connectivity index (χ0) is 11.8. The summed E-state index contributed by atoms with van der Waals surface area (Å²) in [7, 11) is 0. The minimum Gasteiger partial charge on any atom is -0.328 e. The van der Waals surface area contributed by atoms with Crippen LogP contribution in [0.15, 0.2) is 36.4 Å². The Hall–Kier alpha value is -2.01. The van der Waals surface area contributed by atoms with Crippen molar-refractivity contribution in [2.75, 3.05) is 13.1 Å². The molecule has 1 aromatic carbocycles. The van der Waals surface area contributed by atoms with E-state index in [0.29, 0.717) is 13.1 Å². The van der Waals surface area contributed by atoms with Crippen LogP contribution in [0.3, 0.4) is 0 Å². The van der Waals surface area contributed by atoms with Gasteiger partial charge in [0.1, 0.15) is 0 Å². The highest BCUT2D eigenvalue weighted by Crippen LogP contribution is 2.01. The topological polar surface area (TPSA) is 20.3 Å². The first-order valence-corrected chi connectivity index (χ1v) is 5.23. The second kappa shape index (κ2) is 6.47. The van der Waals surface area contributed by atoms with E-state index in [0.717, 1.165) is 5.56 Å². The van der Waals surface area contributed by atoms with Crippen LogP contribution in [0.4, 0.5) is 0 Å². The molecule has 0 saturated carbocycles. The lowest BCUT2D eigenvalue weighted by atomic mass is 10.2. The molecule has 0 atom stereocenters. The molecule has 0 unspecified atom stereocenters. The molecule has 0 aliphatic heterocycles. The Morgan fingerprint density at radius 1 is 1.44 bits per heavy atom. The van der Waals surface area contributed by atoms with Crippen molar-refractivity contribution < 1.29 is 4.79 Å². The van der Waals surface area contributed by atoms with Crippen LogP contribution in [-0.2, 0) is 4.79 Å². The van der Waals surface area contributed by atoms with E-state index in [-0.39, 0.29) is 5.91 Å². The molecule has 0 aromatic heterocycles. The van der Waals surface area contributed by atoms with Gasteiger partial charge >= 0.3 is 0 Å². The maximum absolute atomic E-state index is 11.7. The summed E-state index contributed by atoms with van der Waals surface area (Å²) >= 11 is 0. The third-order valence-electron chi connectivity index (χ3n) is 2.19. The molecule has 2 heteroatoms. The van der Waals surface area contributed by atoms with E-state index in [1.165, 1.54) is 0 Å². The Morgan fingerprint density at radius 3 is 2.69 bits per heavy atom. The summed E-state index contributed by atoms with van der Waals surface area (Å²) in [6, 6.07) is 9.70. The fourth-order valence-electron chi connectivity index (χ4n) is 1.29. The Balaban J connectivity index is 2.64. The van der Waals surface area contributed by atoms with Gasteiger partial charge in [0.2, 0.25) is 5.91 Å². The van der Waals surface area contributed by atoms with Crippen LogP contribution in [0, 0.1) is 12.3 Å². The number of hydrogen-bond donors (Lipinski definition) is 0. The van der Waals surface area contributed by atoms with Gasteiger partial charge in [0.25, 0.3) is 0 Å². The second-order valence-electron chi connectivity index (χ2n) is 3.30. The van der Waals surface area contributed by atoms with E-state index in [1.807, 2.05) is 37.3 Å². The van der Waals surface area contributed by atoms with Crippen LogP contribution >= 0.6 is 0 Å². The number of carbonyl (C=O) groups excluding carboxylic acids is 1. The Labute approximate surface area is 96.6 Å². The lowest BCUT2D eigenvalue weighted by molar-refractivity contribution is -0.125. The highest BCUT2D eigenvalue weighted by molar-refractivity contribution is 5.91. The quantitative estimate of drug-likeness (QED) is 0.554. The number of hydrogen-bond acceptors (Lipinski definition) is 1. The smallest absolute Gasteiger partial charge is 0.247 e. The Bertz CT molecular complexity index is 400. The molecule has 0 radical (unpaired) electrons.